The molecule has 6 heteroatoms. The van der Waals surface area contributed by atoms with Gasteiger partial charge in [0.25, 0.3) is 0 Å². The summed E-state index contributed by atoms with van der Waals surface area (Å²) in [6.07, 6.45) is 3.73. The van der Waals surface area contributed by atoms with Crippen LogP contribution in [0.15, 0.2) is 10.4 Å². The predicted molar refractivity (Wildman–Crippen MR) is 61.7 cm³/mol. The third kappa shape index (κ3) is 3.49. The summed E-state index contributed by atoms with van der Waals surface area (Å²) >= 11 is 1.43. The molecule has 0 atom stereocenters. The first kappa shape index (κ1) is 12.4. The van der Waals surface area contributed by atoms with Crippen molar-refractivity contribution < 1.29 is 14.7 Å². The van der Waals surface area contributed by atoms with E-state index in [1.54, 1.807) is 5.38 Å². The van der Waals surface area contributed by atoms with Crippen LogP contribution >= 0.6 is 11.3 Å². The molecule has 0 amide bonds. The lowest BCUT2D eigenvalue weighted by molar-refractivity contribution is -0.137. The molecule has 0 aromatic carbocycles. The van der Waals surface area contributed by atoms with Crippen LogP contribution in [0.4, 0.5) is 11.4 Å². The van der Waals surface area contributed by atoms with Gasteiger partial charge in [-0.25, -0.2) is 4.79 Å². The van der Waals surface area contributed by atoms with Crippen molar-refractivity contribution in [3.63, 3.8) is 0 Å². The molecule has 0 saturated carbocycles. The maximum Gasteiger partial charge on any atom is 0.303 e. The molecular weight excluding hydrogens is 228 g/mol. The Bertz CT molecular complexity index is 422. The largest absolute Gasteiger partial charge is 0.481 e. The third-order valence-corrected chi connectivity index (χ3v) is 3.15. The highest BCUT2D eigenvalue weighted by Gasteiger charge is 2.07. The number of unbranched alkanes of at least 4 members (excludes halogenated alkanes) is 1. The summed E-state index contributed by atoms with van der Waals surface area (Å²) in [5.74, 6) is -0.787. The summed E-state index contributed by atoms with van der Waals surface area (Å²) in [6.45, 7) is 0. The minimum Gasteiger partial charge on any atom is -0.481 e. The Kier molecular flexibility index (Phi) is 4.69. The number of hydrogen-bond donors (Lipinski definition) is 2. The number of carboxylic acids is 1. The van der Waals surface area contributed by atoms with Crippen LogP contribution in [0.1, 0.15) is 24.1 Å². The minimum absolute atomic E-state index is 0.171. The number of aliphatic imine (C=N–C) groups is 1. The zero-order chi connectivity index (χ0) is 12.0. The van der Waals surface area contributed by atoms with Gasteiger partial charge in [0.05, 0.1) is 5.69 Å². The van der Waals surface area contributed by atoms with Crippen molar-refractivity contribution in [2.75, 3.05) is 5.73 Å². The lowest BCUT2D eigenvalue weighted by Crippen LogP contribution is -1.95. The van der Waals surface area contributed by atoms with Gasteiger partial charge in [0.1, 0.15) is 5.69 Å². The van der Waals surface area contributed by atoms with Crippen LogP contribution < -0.4 is 5.73 Å². The third-order valence-electron chi connectivity index (χ3n) is 2.10. The number of thiophene rings is 1. The maximum absolute atomic E-state index is 10.3. The topological polar surface area (TPSA) is 92.8 Å². The number of nitrogen functional groups attached to an aromatic ring is 1. The first-order valence-corrected chi connectivity index (χ1v) is 5.68. The highest BCUT2D eigenvalue weighted by Crippen LogP contribution is 2.33. The van der Waals surface area contributed by atoms with E-state index in [1.165, 1.54) is 17.4 Å². The molecule has 86 valence electrons. The van der Waals surface area contributed by atoms with Crippen LogP contribution in [0.3, 0.4) is 0 Å². The van der Waals surface area contributed by atoms with Gasteiger partial charge < -0.3 is 10.8 Å². The Hall–Kier alpha value is -1.65. The average molecular weight is 240 g/mol. The van der Waals surface area contributed by atoms with Gasteiger partial charge in [0.2, 0.25) is 6.08 Å². The maximum atomic E-state index is 10.3. The van der Waals surface area contributed by atoms with Gasteiger partial charge in [-0.1, -0.05) is 0 Å². The van der Waals surface area contributed by atoms with Crippen LogP contribution in [0.5, 0.6) is 0 Å². The molecule has 0 aliphatic carbocycles. The van der Waals surface area contributed by atoms with Crippen molar-refractivity contribution >= 4 is 34.8 Å². The second-order valence-corrected chi connectivity index (χ2v) is 4.23. The molecule has 0 fully saturated rings. The molecule has 5 nitrogen and oxygen atoms in total. The number of aliphatic carboxylic acids is 1. The summed E-state index contributed by atoms with van der Waals surface area (Å²) in [5, 5.41) is 10.2. The molecule has 0 radical (unpaired) electrons. The number of carbonyl (C=O) groups is 1. The highest BCUT2D eigenvalue weighted by atomic mass is 32.1. The number of nitrogens with zero attached hydrogens (tertiary/aromatic N) is 1. The van der Waals surface area contributed by atoms with Gasteiger partial charge in [0.15, 0.2) is 0 Å². The fourth-order valence-electron chi connectivity index (χ4n) is 1.29. The first-order chi connectivity index (χ1) is 7.65. The van der Waals surface area contributed by atoms with E-state index in [9.17, 15) is 9.59 Å². The van der Waals surface area contributed by atoms with Crippen LogP contribution in [0.2, 0.25) is 0 Å². The first-order valence-electron chi connectivity index (χ1n) is 4.80. The summed E-state index contributed by atoms with van der Waals surface area (Å²) in [6, 6.07) is 0. The van der Waals surface area contributed by atoms with E-state index in [1.807, 2.05) is 0 Å². The molecule has 0 unspecified atom stereocenters. The van der Waals surface area contributed by atoms with Crippen molar-refractivity contribution in [3.8, 4) is 0 Å². The Morgan fingerprint density at radius 1 is 1.56 bits per heavy atom. The van der Waals surface area contributed by atoms with Crippen molar-refractivity contribution in [2.45, 2.75) is 25.7 Å². The molecule has 1 rings (SSSR count). The van der Waals surface area contributed by atoms with Gasteiger partial charge in [-0.05, 0) is 19.3 Å². The standard InChI is InChI=1S/C10H12N2O3S/c11-10-7(12-6-13)5-16-8(10)3-1-2-4-9(14)15/h5H,1-4,11H2,(H,14,15). The van der Waals surface area contributed by atoms with Gasteiger partial charge in [0, 0.05) is 16.7 Å². The predicted octanol–water partition coefficient (Wildman–Crippen LogP) is 2.10. The van der Waals surface area contributed by atoms with Crippen molar-refractivity contribution in [1.29, 1.82) is 0 Å². The lowest BCUT2D eigenvalue weighted by atomic mass is 10.1. The number of carbonyl (C=O) groups excluding carboxylic acids is 1. The van der Waals surface area contributed by atoms with E-state index in [0.29, 0.717) is 17.8 Å². The Balaban J connectivity index is 2.48. The van der Waals surface area contributed by atoms with E-state index in [2.05, 4.69) is 4.99 Å². The molecule has 0 bridgehead atoms. The highest BCUT2D eigenvalue weighted by molar-refractivity contribution is 7.11. The quantitative estimate of drug-likeness (QED) is 0.452. The van der Waals surface area contributed by atoms with E-state index in [0.717, 1.165) is 17.7 Å². The van der Waals surface area contributed by atoms with Crippen LogP contribution in [0, 0.1) is 0 Å². The molecular formula is C10H12N2O3S. The fourth-order valence-corrected chi connectivity index (χ4v) is 2.22. The Labute approximate surface area is 96.6 Å². The summed E-state index contributed by atoms with van der Waals surface area (Å²) in [5.41, 5.74) is 6.71. The average Bonchev–Trinajstić information content (AvgIpc) is 2.57. The number of hydrogen-bond acceptors (Lipinski definition) is 5. The molecule has 0 aliphatic rings. The van der Waals surface area contributed by atoms with Gasteiger partial charge in [-0.15, -0.1) is 11.3 Å². The Morgan fingerprint density at radius 2 is 2.31 bits per heavy atom. The summed E-state index contributed by atoms with van der Waals surface area (Å²) in [7, 11) is 0. The molecule has 1 aromatic rings. The Morgan fingerprint density at radius 3 is 2.94 bits per heavy atom. The SMILES string of the molecule is Nc1c(N=C=O)csc1CCCCC(=O)O. The van der Waals surface area contributed by atoms with E-state index < -0.39 is 5.97 Å². The molecule has 3 N–H and O–H groups in total. The molecule has 0 saturated heterocycles. The van der Waals surface area contributed by atoms with Gasteiger partial charge >= 0.3 is 5.97 Å². The van der Waals surface area contributed by atoms with Crippen molar-refractivity contribution in [2.24, 2.45) is 4.99 Å². The van der Waals surface area contributed by atoms with Gasteiger partial charge in [-0.3, -0.25) is 4.79 Å². The molecule has 1 heterocycles. The van der Waals surface area contributed by atoms with Crippen molar-refractivity contribution in [1.82, 2.24) is 0 Å². The zero-order valence-electron chi connectivity index (χ0n) is 8.60. The van der Waals surface area contributed by atoms with Crippen molar-refractivity contribution in [3.05, 3.63) is 10.3 Å². The number of aryl methyl sites for hydroxylation is 1. The second-order valence-electron chi connectivity index (χ2n) is 3.26. The molecule has 0 spiro atoms. The summed E-state index contributed by atoms with van der Waals surface area (Å²) in [4.78, 5) is 24.8. The lowest BCUT2D eigenvalue weighted by Gasteiger charge is -1.98. The molecule has 1 aromatic heterocycles. The van der Waals surface area contributed by atoms with Crippen LogP contribution in [0.25, 0.3) is 0 Å². The van der Waals surface area contributed by atoms with Crippen LogP contribution in [-0.4, -0.2) is 17.2 Å². The number of rotatable bonds is 6. The van der Waals surface area contributed by atoms with E-state index >= 15 is 0 Å². The minimum atomic E-state index is -0.787. The fraction of sp³-hybridized carbons (Fsp3) is 0.400. The molecule has 16 heavy (non-hydrogen) atoms. The monoisotopic (exact) mass is 240 g/mol. The number of isocyanates is 1. The van der Waals surface area contributed by atoms with Gasteiger partial charge in [-0.2, -0.15) is 4.99 Å². The van der Waals surface area contributed by atoms with E-state index in [4.69, 9.17) is 10.8 Å². The van der Waals surface area contributed by atoms with Crippen LogP contribution in [-0.2, 0) is 16.0 Å². The number of anilines is 1. The number of carboxylic acid groups (broad SMARTS) is 1. The number of nitrogens with two attached hydrogens (primary N) is 1. The summed E-state index contributed by atoms with van der Waals surface area (Å²) < 4.78 is 0. The second kappa shape index (κ2) is 6.05. The normalized spacial score (nSPS) is 9.75. The smallest absolute Gasteiger partial charge is 0.303 e. The zero-order valence-corrected chi connectivity index (χ0v) is 9.42. The van der Waals surface area contributed by atoms with E-state index in [-0.39, 0.29) is 6.42 Å². The molecule has 0 aliphatic heterocycles.